The number of carbonyl (C=O) groups excluding carboxylic acids is 1. The van der Waals surface area contributed by atoms with Gasteiger partial charge < -0.3 is 14.4 Å². The van der Waals surface area contributed by atoms with Crippen LogP contribution in [0, 0.1) is 17.5 Å². The van der Waals surface area contributed by atoms with Gasteiger partial charge in [0.05, 0.1) is 35.4 Å². The second kappa shape index (κ2) is 7.76. The van der Waals surface area contributed by atoms with Crippen molar-refractivity contribution in [2.45, 2.75) is 38.5 Å². The highest BCUT2D eigenvalue weighted by Gasteiger charge is 2.40. The molecule has 0 fully saturated rings. The molecule has 4 aromatic rings. The van der Waals surface area contributed by atoms with Crippen molar-refractivity contribution in [3.8, 4) is 22.5 Å². The normalized spacial score (nSPS) is 18.4. The van der Waals surface area contributed by atoms with Crippen molar-refractivity contribution in [1.82, 2.24) is 9.55 Å². The van der Waals surface area contributed by atoms with E-state index in [0.717, 1.165) is 12.1 Å². The van der Waals surface area contributed by atoms with Crippen LogP contribution in [0.15, 0.2) is 47.3 Å². The number of nitrogens with zero attached hydrogens (tertiary/aromatic N) is 2. The van der Waals surface area contributed by atoms with Crippen LogP contribution in [0.5, 0.6) is 0 Å². The summed E-state index contributed by atoms with van der Waals surface area (Å²) in [5.41, 5.74) is 0.837. The summed E-state index contributed by atoms with van der Waals surface area (Å²) in [6, 6.07) is 10.5. The highest BCUT2D eigenvalue weighted by molar-refractivity contribution is 5.99. The van der Waals surface area contributed by atoms with Crippen LogP contribution < -0.4 is 5.56 Å². The number of halogens is 3. The molecule has 0 amide bonds. The van der Waals surface area contributed by atoms with Crippen LogP contribution >= 0.6 is 0 Å². The third kappa shape index (κ3) is 3.12. The Morgan fingerprint density at radius 2 is 1.81 bits per heavy atom. The van der Waals surface area contributed by atoms with Crippen molar-refractivity contribution in [1.29, 1.82) is 0 Å². The fourth-order valence-corrected chi connectivity index (χ4v) is 5.26. The molecule has 0 aliphatic carbocycles. The summed E-state index contributed by atoms with van der Waals surface area (Å²) in [5, 5.41) is 11.9. The van der Waals surface area contributed by atoms with E-state index in [1.165, 1.54) is 4.57 Å². The number of pyridine rings is 2. The van der Waals surface area contributed by atoms with Crippen LogP contribution in [-0.2, 0) is 28.3 Å². The molecule has 2 aromatic heterocycles. The monoisotopic (exact) mass is 492 g/mol. The number of hydrogen-bond acceptors (Lipinski definition) is 5. The molecule has 0 spiro atoms. The topological polar surface area (TPSA) is 81.4 Å². The van der Waals surface area contributed by atoms with E-state index in [2.05, 4.69) is 0 Å². The summed E-state index contributed by atoms with van der Waals surface area (Å²) in [6.07, 6.45) is -0.119. The van der Waals surface area contributed by atoms with Crippen molar-refractivity contribution in [3.05, 3.63) is 87.0 Å². The van der Waals surface area contributed by atoms with Crippen molar-refractivity contribution in [3.63, 3.8) is 0 Å². The molecule has 6 rings (SSSR count). The summed E-state index contributed by atoms with van der Waals surface area (Å²) in [6.45, 7) is 1.47. The molecular formula is C27H19F3N2O4. The van der Waals surface area contributed by atoms with Gasteiger partial charge in [0.1, 0.15) is 12.2 Å². The van der Waals surface area contributed by atoms with Gasteiger partial charge in [-0.15, -0.1) is 0 Å². The van der Waals surface area contributed by atoms with Gasteiger partial charge in [-0.2, -0.15) is 0 Å². The molecule has 0 saturated carbocycles. The van der Waals surface area contributed by atoms with E-state index in [1.807, 2.05) is 0 Å². The molecule has 6 nitrogen and oxygen atoms in total. The van der Waals surface area contributed by atoms with Gasteiger partial charge in [-0.3, -0.25) is 9.59 Å². The molecule has 36 heavy (non-hydrogen) atoms. The fourth-order valence-electron chi connectivity index (χ4n) is 5.26. The van der Waals surface area contributed by atoms with Crippen molar-refractivity contribution >= 4 is 16.9 Å². The third-order valence-corrected chi connectivity index (χ3v) is 7.13. The SMILES string of the molecule is CC[C@@]1(O)CC(=O)OCc2c1cc1n(c2=O)Cc2c-1nc1ccccc1c2-c1cc(F)c(F)c(F)c1. The van der Waals surface area contributed by atoms with Crippen molar-refractivity contribution < 1.29 is 27.8 Å². The predicted octanol–water partition coefficient (Wildman–Crippen LogP) is 4.55. The number of benzene rings is 2. The summed E-state index contributed by atoms with van der Waals surface area (Å²) in [5.74, 6) is -4.82. The smallest absolute Gasteiger partial charge is 0.309 e. The van der Waals surface area contributed by atoms with Gasteiger partial charge in [0.15, 0.2) is 17.5 Å². The molecule has 2 aromatic carbocycles. The first-order chi connectivity index (χ1) is 17.2. The minimum absolute atomic E-state index is 0.0308. The highest BCUT2D eigenvalue weighted by Crippen LogP contribution is 2.43. The van der Waals surface area contributed by atoms with Gasteiger partial charge in [-0.1, -0.05) is 25.1 Å². The molecule has 1 atom stereocenters. The maximum Gasteiger partial charge on any atom is 0.309 e. The van der Waals surface area contributed by atoms with Crippen LogP contribution in [0.4, 0.5) is 13.2 Å². The number of rotatable bonds is 2. The van der Waals surface area contributed by atoms with Gasteiger partial charge in [0.2, 0.25) is 0 Å². The molecule has 0 saturated heterocycles. The standard InChI is InChI=1S/C27H19F3N2O4/c1-2-27(35)10-22(33)36-12-16-17(27)9-21-25-15(11-32(21)26(16)34)23(14-5-3-4-6-20(14)31-25)13-7-18(28)24(30)19(29)8-13/h3-9,35H,2,10-12H2,1H3/t27-/m1/s1. The summed E-state index contributed by atoms with van der Waals surface area (Å²) in [7, 11) is 0. The van der Waals surface area contributed by atoms with Gasteiger partial charge >= 0.3 is 5.97 Å². The second-order valence-electron chi connectivity index (χ2n) is 9.12. The van der Waals surface area contributed by atoms with Crippen LogP contribution in [-0.4, -0.2) is 20.6 Å². The average molecular weight is 492 g/mol. The predicted molar refractivity (Wildman–Crippen MR) is 124 cm³/mol. The van der Waals surface area contributed by atoms with E-state index in [4.69, 9.17) is 9.72 Å². The van der Waals surface area contributed by atoms with Gasteiger partial charge in [-0.25, -0.2) is 18.2 Å². The minimum atomic E-state index is -1.59. The highest BCUT2D eigenvalue weighted by atomic mass is 19.2. The number of ether oxygens (including phenoxy) is 1. The maximum atomic E-state index is 14.2. The minimum Gasteiger partial charge on any atom is -0.460 e. The number of hydrogen-bond donors (Lipinski definition) is 1. The van der Waals surface area contributed by atoms with E-state index in [9.17, 15) is 27.9 Å². The Morgan fingerprint density at radius 1 is 1.08 bits per heavy atom. The number of fused-ring (bicyclic) bond motifs is 5. The lowest BCUT2D eigenvalue weighted by molar-refractivity contribution is -0.149. The van der Waals surface area contributed by atoms with E-state index >= 15 is 0 Å². The van der Waals surface area contributed by atoms with Gasteiger partial charge in [0.25, 0.3) is 5.56 Å². The third-order valence-electron chi connectivity index (χ3n) is 7.13. The Bertz CT molecular complexity index is 1660. The molecule has 4 heterocycles. The average Bonchev–Trinajstić information content (AvgIpc) is 3.16. The zero-order valence-electron chi connectivity index (χ0n) is 19.1. The number of cyclic esters (lactones) is 1. The molecule has 0 radical (unpaired) electrons. The molecule has 0 unspecified atom stereocenters. The van der Waals surface area contributed by atoms with Crippen molar-refractivity contribution in [2.24, 2.45) is 0 Å². The Labute approximate surface area is 202 Å². The Balaban J connectivity index is 1.68. The molecule has 1 N–H and O–H groups in total. The zero-order chi connectivity index (χ0) is 25.4. The molecule has 2 aliphatic rings. The lowest BCUT2D eigenvalue weighted by Gasteiger charge is -2.26. The molecular weight excluding hydrogens is 473 g/mol. The fraction of sp³-hybridized carbons (Fsp3) is 0.222. The summed E-state index contributed by atoms with van der Waals surface area (Å²) >= 11 is 0. The van der Waals surface area contributed by atoms with Crippen LogP contribution in [0.3, 0.4) is 0 Å². The first-order valence-corrected chi connectivity index (χ1v) is 11.4. The largest absolute Gasteiger partial charge is 0.460 e. The van der Waals surface area contributed by atoms with Gasteiger partial charge in [0, 0.05) is 10.9 Å². The van der Waals surface area contributed by atoms with Crippen molar-refractivity contribution in [2.75, 3.05) is 0 Å². The Hall–Kier alpha value is -3.98. The quantitative estimate of drug-likeness (QED) is 0.289. The Kier molecular flexibility index (Phi) is 4.85. The van der Waals surface area contributed by atoms with Crippen LogP contribution in [0.1, 0.15) is 36.5 Å². The van der Waals surface area contributed by atoms with E-state index in [0.29, 0.717) is 39.0 Å². The van der Waals surface area contributed by atoms with Crippen LogP contribution in [0.2, 0.25) is 0 Å². The molecule has 9 heteroatoms. The maximum absolute atomic E-state index is 14.2. The molecule has 0 bridgehead atoms. The number of aliphatic hydroxyl groups is 1. The van der Waals surface area contributed by atoms with E-state index < -0.39 is 34.6 Å². The van der Waals surface area contributed by atoms with Crippen LogP contribution in [0.25, 0.3) is 33.4 Å². The number of para-hydroxylation sites is 1. The molecule has 2 aliphatic heterocycles. The van der Waals surface area contributed by atoms with E-state index in [1.54, 1.807) is 37.3 Å². The lowest BCUT2D eigenvalue weighted by Crippen LogP contribution is -2.32. The first-order valence-electron chi connectivity index (χ1n) is 11.4. The number of aromatic nitrogens is 2. The summed E-state index contributed by atoms with van der Waals surface area (Å²) in [4.78, 5) is 30.5. The zero-order valence-corrected chi connectivity index (χ0v) is 19.1. The van der Waals surface area contributed by atoms with E-state index in [-0.39, 0.29) is 37.1 Å². The summed E-state index contributed by atoms with van der Waals surface area (Å²) < 4.78 is 48.9. The lowest BCUT2D eigenvalue weighted by atomic mass is 9.85. The molecule has 182 valence electrons. The number of esters is 1. The van der Waals surface area contributed by atoms with Gasteiger partial charge in [-0.05, 0) is 47.4 Å². The second-order valence-corrected chi connectivity index (χ2v) is 9.12. The number of carbonyl (C=O) groups is 1. The first kappa shape index (κ1) is 22.5. The Morgan fingerprint density at radius 3 is 2.53 bits per heavy atom.